The van der Waals surface area contributed by atoms with Crippen LogP contribution in [-0.4, -0.2) is 61.0 Å². The number of carbonyl (C=O) groups is 3. The summed E-state index contributed by atoms with van der Waals surface area (Å²) in [6, 6.07) is 0. The van der Waals surface area contributed by atoms with Gasteiger partial charge in [0.1, 0.15) is 6.61 Å². The molecule has 0 spiro atoms. The molecule has 0 aromatic rings. The van der Waals surface area contributed by atoms with Crippen LogP contribution in [0.15, 0.2) is 0 Å². The van der Waals surface area contributed by atoms with Crippen LogP contribution >= 0.6 is 0 Å². The Balaban J connectivity index is 2.40. The van der Waals surface area contributed by atoms with E-state index in [9.17, 15) is 14.4 Å². The molecule has 84 valence electrons. The molecule has 2 N–H and O–H groups in total. The Kier molecular flexibility index (Phi) is 3.48. The second kappa shape index (κ2) is 4.63. The fraction of sp³-hybridized carbons (Fsp3) is 0.625. The zero-order chi connectivity index (χ0) is 11.4. The average molecular weight is 215 g/mol. The van der Waals surface area contributed by atoms with Gasteiger partial charge in [-0.2, -0.15) is 0 Å². The first-order chi connectivity index (χ1) is 7.02. The summed E-state index contributed by atoms with van der Waals surface area (Å²) < 4.78 is 4.48. The van der Waals surface area contributed by atoms with Crippen LogP contribution in [0.4, 0.5) is 4.79 Å². The highest BCUT2D eigenvalue weighted by Crippen LogP contribution is 2.02. The van der Waals surface area contributed by atoms with Gasteiger partial charge in [0, 0.05) is 20.1 Å². The number of hydrogen-bond donors (Lipinski definition) is 1. The molecular formula is C8H13N3O4. The quantitative estimate of drug-likeness (QED) is 0.573. The topological polar surface area (TPSA) is 92.9 Å². The van der Waals surface area contributed by atoms with Gasteiger partial charge < -0.3 is 20.3 Å². The molecule has 1 rings (SSSR count). The van der Waals surface area contributed by atoms with Gasteiger partial charge in [-0.05, 0) is 0 Å². The minimum absolute atomic E-state index is 0.0120. The van der Waals surface area contributed by atoms with Crippen molar-refractivity contribution in [3.63, 3.8) is 0 Å². The van der Waals surface area contributed by atoms with Gasteiger partial charge in [0.15, 0.2) is 0 Å². The van der Waals surface area contributed by atoms with Crippen molar-refractivity contribution in [1.29, 1.82) is 0 Å². The lowest BCUT2D eigenvalue weighted by Gasteiger charge is -2.31. The summed E-state index contributed by atoms with van der Waals surface area (Å²) in [6.45, 7) is 1.14. The van der Waals surface area contributed by atoms with E-state index >= 15 is 0 Å². The van der Waals surface area contributed by atoms with Gasteiger partial charge in [0.25, 0.3) is 0 Å². The summed E-state index contributed by atoms with van der Waals surface area (Å²) in [7, 11) is 1.57. The average Bonchev–Trinajstić information content (AvgIpc) is 2.18. The molecule has 1 heterocycles. The third kappa shape index (κ3) is 2.83. The van der Waals surface area contributed by atoms with Crippen LogP contribution in [0.3, 0.4) is 0 Å². The van der Waals surface area contributed by atoms with Gasteiger partial charge in [-0.25, -0.2) is 4.79 Å². The number of hydrogen-bond acceptors (Lipinski definition) is 4. The van der Waals surface area contributed by atoms with E-state index in [0.29, 0.717) is 13.1 Å². The van der Waals surface area contributed by atoms with E-state index in [0.717, 1.165) is 0 Å². The van der Waals surface area contributed by atoms with E-state index < -0.39 is 17.9 Å². The standard InChI is InChI=1S/C8H13N3O4/c1-10-2-3-11(7(13)6(10)12)4-5-15-8(9)14/h2-5H2,1H3,(H2,9,14). The predicted octanol–water partition coefficient (Wildman–Crippen LogP) is -1.62. The Morgan fingerprint density at radius 1 is 1.40 bits per heavy atom. The molecule has 0 saturated carbocycles. The smallest absolute Gasteiger partial charge is 0.404 e. The van der Waals surface area contributed by atoms with Gasteiger partial charge >= 0.3 is 17.9 Å². The fourth-order valence-corrected chi connectivity index (χ4v) is 1.24. The molecule has 0 aromatic carbocycles. The highest BCUT2D eigenvalue weighted by Gasteiger charge is 2.29. The van der Waals surface area contributed by atoms with Crippen molar-refractivity contribution in [2.45, 2.75) is 0 Å². The SMILES string of the molecule is CN1CCN(CCOC(N)=O)C(=O)C1=O. The van der Waals surface area contributed by atoms with E-state index in [1.165, 1.54) is 9.80 Å². The van der Waals surface area contributed by atoms with Crippen molar-refractivity contribution in [2.24, 2.45) is 5.73 Å². The number of piperazine rings is 1. The maximum absolute atomic E-state index is 11.4. The lowest BCUT2D eigenvalue weighted by atomic mass is 10.3. The number of primary amides is 1. The van der Waals surface area contributed by atoms with Crippen LogP contribution in [0.5, 0.6) is 0 Å². The number of carbonyl (C=O) groups excluding carboxylic acids is 3. The molecule has 0 bridgehead atoms. The van der Waals surface area contributed by atoms with E-state index in [4.69, 9.17) is 5.73 Å². The molecule has 1 aliphatic heterocycles. The largest absolute Gasteiger partial charge is 0.448 e. The Hall–Kier alpha value is -1.79. The van der Waals surface area contributed by atoms with Crippen LogP contribution in [0.1, 0.15) is 0 Å². The zero-order valence-electron chi connectivity index (χ0n) is 8.43. The number of nitrogens with zero attached hydrogens (tertiary/aromatic N) is 2. The normalized spacial score (nSPS) is 16.9. The van der Waals surface area contributed by atoms with Gasteiger partial charge in [-0.3, -0.25) is 9.59 Å². The molecule has 15 heavy (non-hydrogen) atoms. The minimum Gasteiger partial charge on any atom is -0.448 e. The highest BCUT2D eigenvalue weighted by molar-refractivity contribution is 6.35. The van der Waals surface area contributed by atoms with E-state index in [1.807, 2.05) is 0 Å². The molecule has 0 atom stereocenters. The molecule has 3 amide bonds. The molecule has 1 aliphatic rings. The minimum atomic E-state index is -0.886. The molecule has 7 heteroatoms. The van der Waals surface area contributed by atoms with Crippen molar-refractivity contribution in [3.8, 4) is 0 Å². The summed E-state index contributed by atoms with van der Waals surface area (Å²) in [5.74, 6) is -1.11. The Morgan fingerprint density at radius 2 is 2.07 bits per heavy atom. The summed E-state index contributed by atoms with van der Waals surface area (Å²) in [5, 5.41) is 0. The third-order valence-electron chi connectivity index (χ3n) is 2.13. The maximum Gasteiger partial charge on any atom is 0.404 e. The van der Waals surface area contributed by atoms with Crippen molar-refractivity contribution in [1.82, 2.24) is 9.80 Å². The number of ether oxygens (including phenoxy) is 1. The summed E-state index contributed by atoms with van der Waals surface area (Å²) in [4.78, 5) is 35.6. The first-order valence-corrected chi connectivity index (χ1v) is 4.49. The highest BCUT2D eigenvalue weighted by atomic mass is 16.5. The molecule has 1 saturated heterocycles. The predicted molar refractivity (Wildman–Crippen MR) is 49.8 cm³/mol. The van der Waals surface area contributed by atoms with Crippen LogP contribution in [0.2, 0.25) is 0 Å². The number of nitrogens with two attached hydrogens (primary N) is 1. The van der Waals surface area contributed by atoms with Gasteiger partial charge in [-0.15, -0.1) is 0 Å². The van der Waals surface area contributed by atoms with Crippen molar-refractivity contribution in [3.05, 3.63) is 0 Å². The Bertz CT molecular complexity index is 292. The fourth-order valence-electron chi connectivity index (χ4n) is 1.24. The molecule has 0 aromatic heterocycles. The lowest BCUT2D eigenvalue weighted by molar-refractivity contribution is -0.155. The molecule has 7 nitrogen and oxygen atoms in total. The molecule has 0 unspecified atom stereocenters. The van der Waals surface area contributed by atoms with Crippen LogP contribution in [-0.2, 0) is 14.3 Å². The first-order valence-electron chi connectivity index (χ1n) is 4.49. The second-order valence-electron chi connectivity index (χ2n) is 3.19. The lowest BCUT2D eigenvalue weighted by Crippen LogP contribution is -2.53. The summed E-state index contributed by atoms with van der Waals surface area (Å²) >= 11 is 0. The Morgan fingerprint density at radius 3 is 2.67 bits per heavy atom. The van der Waals surface area contributed by atoms with Crippen molar-refractivity contribution < 1.29 is 19.1 Å². The first kappa shape index (κ1) is 11.3. The number of likely N-dealkylation sites (N-methyl/N-ethyl adjacent to an activating group) is 1. The monoisotopic (exact) mass is 215 g/mol. The molecule has 1 fully saturated rings. The zero-order valence-corrected chi connectivity index (χ0v) is 8.43. The van der Waals surface area contributed by atoms with E-state index in [-0.39, 0.29) is 13.2 Å². The van der Waals surface area contributed by atoms with Crippen LogP contribution < -0.4 is 5.73 Å². The van der Waals surface area contributed by atoms with Crippen molar-refractivity contribution in [2.75, 3.05) is 33.3 Å². The molecular weight excluding hydrogens is 202 g/mol. The van der Waals surface area contributed by atoms with Crippen LogP contribution in [0, 0.1) is 0 Å². The third-order valence-corrected chi connectivity index (χ3v) is 2.13. The van der Waals surface area contributed by atoms with Crippen molar-refractivity contribution >= 4 is 17.9 Å². The van der Waals surface area contributed by atoms with Crippen LogP contribution in [0.25, 0.3) is 0 Å². The second-order valence-corrected chi connectivity index (χ2v) is 3.19. The Labute approximate surface area is 86.7 Å². The number of rotatable bonds is 3. The van der Waals surface area contributed by atoms with Gasteiger partial charge in [-0.1, -0.05) is 0 Å². The van der Waals surface area contributed by atoms with E-state index in [1.54, 1.807) is 7.05 Å². The van der Waals surface area contributed by atoms with E-state index in [2.05, 4.69) is 4.74 Å². The van der Waals surface area contributed by atoms with Gasteiger partial charge in [0.2, 0.25) is 0 Å². The maximum atomic E-state index is 11.4. The number of amides is 3. The molecule has 0 radical (unpaired) electrons. The summed E-state index contributed by atoms with van der Waals surface area (Å²) in [5.41, 5.74) is 4.75. The molecule has 0 aliphatic carbocycles. The summed E-state index contributed by atoms with van der Waals surface area (Å²) in [6.07, 6.45) is -0.886. The van der Waals surface area contributed by atoms with Gasteiger partial charge in [0.05, 0.1) is 6.54 Å².